The minimum absolute atomic E-state index is 0.0940. The Labute approximate surface area is 108 Å². The lowest BCUT2D eigenvalue weighted by atomic mass is 10.1. The number of rotatable bonds is 3. The molecule has 1 aromatic carbocycles. The van der Waals surface area contributed by atoms with Gasteiger partial charge in [-0.25, -0.2) is 4.98 Å². The van der Waals surface area contributed by atoms with Crippen molar-refractivity contribution in [3.8, 4) is 0 Å². The van der Waals surface area contributed by atoms with E-state index in [1.807, 2.05) is 17.5 Å². The van der Waals surface area contributed by atoms with Crippen molar-refractivity contribution < 1.29 is 0 Å². The molecule has 2 aromatic rings. The van der Waals surface area contributed by atoms with Crippen molar-refractivity contribution in [2.75, 3.05) is 0 Å². The number of hydrogen-bond acceptors (Lipinski definition) is 3. The Morgan fingerprint density at radius 2 is 2.12 bits per heavy atom. The second-order valence-electron chi connectivity index (χ2n) is 3.47. The van der Waals surface area contributed by atoms with Gasteiger partial charge in [0.2, 0.25) is 0 Å². The Morgan fingerprint density at radius 3 is 2.75 bits per heavy atom. The zero-order chi connectivity index (χ0) is 11.5. The fraction of sp³-hybridized carbons (Fsp3) is 0.182. The first-order valence-electron chi connectivity index (χ1n) is 4.74. The van der Waals surface area contributed by atoms with Crippen molar-refractivity contribution >= 4 is 34.5 Å². The number of nitrogens with zero attached hydrogens (tertiary/aromatic N) is 1. The van der Waals surface area contributed by atoms with Crippen LogP contribution in [-0.4, -0.2) is 4.98 Å². The molecule has 0 bridgehead atoms. The van der Waals surface area contributed by atoms with Crippen LogP contribution in [0.5, 0.6) is 0 Å². The van der Waals surface area contributed by atoms with Crippen LogP contribution >= 0.6 is 34.5 Å². The van der Waals surface area contributed by atoms with E-state index in [9.17, 15) is 0 Å². The number of hydrogen-bond donors (Lipinski definition) is 1. The molecule has 2 N–H and O–H groups in total. The Bertz CT molecular complexity index is 471. The van der Waals surface area contributed by atoms with Crippen LogP contribution in [0, 0.1) is 0 Å². The first-order chi connectivity index (χ1) is 7.66. The minimum Gasteiger partial charge on any atom is -0.322 e. The third kappa shape index (κ3) is 2.74. The first kappa shape index (κ1) is 11.9. The van der Waals surface area contributed by atoms with Crippen molar-refractivity contribution in [3.05, 3.63) is 50.4 Å². The van der Waals surface area contributed by atoms with Crippen LogP contribution in [0.1, 0.15) is 17.3 Å². The van der Waals surface area contributed by atoms with Gasteiger partial charge in [-0.15, -0.1) is 11.3 Å². The number of nitrogens with two attached hydrogens (primary N) is 1. The summed E-state index contributed by atoms with van der Waals surface area (Å²) < 4.78 is 0. The van der Waals surface area contributed by atoms with Gasteiger partial charge in [-0.1, -0.05) is 29.3 Å². The molecule has 0 saturated heterocycles. The second kappa shape index (κ2) is 5.15. The highest BCUT2D eigenvalue weighted by molar-refractivity contribution is 7.07. The van der Waals surface area contributed by atoms with Gasteiger partial charge in [-0.3, -0.25) is 0 Å². The van der Waals surface area contributed by atoms with Gasteiger partial charge in [0.1, 0.15) is 0 Å². The maximum absolute atomic E-state index is 6.03. The molecule has 1 aromatic heterocycles. The summed E-state index contributed by atoms with van der Waals surface area (Å²) >= 11 is 13.3. The lowest BCUT2D eigenvalue weighted by Gasteiger charge is -2.09. The molecule has 1 unspecified atom stereocenters. The van der Waals surface area contributed by atoms with Gasteiger partial charge in [-0.2, -0.15) is 0 Å². The number of aromatic nitrogens is 1. The number of thiazole rings is 1. The molecule has 0 spiro atoms. The topological polar surface area (TPSA) is 38.9 Å². The van der Waals surface area contributed by atoms with Gasteiger partial charge in [0.25, 0.3) is 0 Å². The van der Waals surface area contributed by atoms with Gasteiger partial charge >= 0.3 is 0 Å². The molecule has 2 rings (SSSR count). The fourth-order valence-electron chi connectivity index (χ4n) is 1.43. The molecule has 1 atom stereocenters. The summed E-state index contributed by atoms with van der Waals surface area (Å²) in [5.41, 5.74) is 9.79. The summed E-state index contributed by atoms with van der Waals surface area (Å²) in [6.45, 7) is 0. The van der Waals surface area contributed by atoms with Crippen molar-refractivity contribution in [2.24, 2.45) is 5.73 Å². The summed E-state index contributed by atoms with van der Waals surface area (Å²) in [6, 6.07) is 5.47. The van der Waals surface area contributed by atoms with Crippen molar-refractivity contribution in [1.82, 2.24) is 4.98 Å². The molecule has 2 nitrogen and oxygen atoms in total. The molecule has 0 amide bonds. The molecule has 16 heavy (non-hydrogen) atoms. The van der Waals surface area contributed by atoms with Gasteiger partial charge in [-0.05, 0) is 24.1 Å². The number of benzene rings is 1. The van der Waals surface area contributed by atoms with Gasteiger partial charge in [0, 0.05) is 5.38 Å². The molecule has 0 saturated carbocycles. The van der Waals surface area contributed by atoms with Crippen molar-refractivity contribution in [1.29, 1.82) is 0 Å². The van der Waals surface area contributed by atoms with E-state index in [1.165, 1.54) is 0 Å². The van der Waals surface area contributed by atoms with Crippen LogP contribution in [0.2, 0.25) is 10.0 Å². The average molecular weight is 273 g/mol. The molecule has 0 fully saturated rings. The fourth-order valence-corrected chi connectivity index (χ4v) is 2.37. The van der Waals surface area contributed by atoms with Gasteiger partial charge in [0.15, 0.2) is 0 Å². The standard InChI is InChI=1S/C11H10Cl2N2S/c12-8-2-1-7(3-9(8)13)4-10(14)11-5-16-6-15-11/h1-3,5-6,10H,4,14H2. The van der Waals surface area contributed by atoms with E-state index in [0.29, 0.717) is 16.5 Å². The molecule has 0 aliphatic rings. The molecule has 1 heterocycles. The third-order valence-electron chi connectivity index (χ3n) is 2.27. The van der Waals surface area contributed by atoms with Crippen LogP contribution < -0.4 is 5.73 Å². The Morgan fingerprint density at radius 1 is 1.31 bits per heavy atom. The highest BCUT2D eigenvalue weighted by Crippen LogP contribution is 2.24. The van der Waals surface area contributed by atoms with Crippen LogP contribution in [0.25, 0.3) is 0 Å². The Hall–Kier alpha value is -0.610. The summed E-state index contributed by atoms with van der Waals surface area (Å²) in [5, 5.41) is 3.08. The van der Waals surface area contributed by atoms with Crippen LogP contribution in [-0.2, 0) is 6.42 Å². The van der Waals surface area contributed by atoms with E-state index < -0.39 is 0 Å². The highest BCUT2D eigenvalue weighted by Gasteiger charge is 2.09. The maximum Gasteiger partial charge on any atom is 0.0795 e. The maximum atomic E-state index is 6.03. The number of halogens is 2. The summed E-state index contributed by atoms with van der Waals surface area (Å²) in [6.07, 6.45) is 0.709. The summed E-state index contributed by atoms with van der Waals surface area (Å²) in [4.78, 5) is 4.19. The van der Waals surface area contributed by atoms with Crippen LogP contribution in [0.4, 0.5) is 0 Å². The summed E-state index contributed by atoms with van der Waals surface area (Å²) in [7, 11) is 0. The van der Waals surface area contributed by atoms with Crippen LogP contribution in [0.15, 0.2) is 29.1 Å². The van der Waals surface area contributed by atoms with E-state index in [4.69, 9.17) is 28.9 Å². The smallest absolute Gasteiger partial charge is 0.0795 e. The van der Waals surface area contributed by atoms with Gasteiger partial charge < -0.3 is 5.73 Å². The molecule has 0 radical (unpaired) electrons. The lowest BCUT2D eigenvalue weighted by molar-refractivity contribution is 0.702. The molecular weight excluding hydrogens is 263 g/mol. The Kier molecular flexibility index (Phi) is 3.82. The minimum atomic E-state index is -0.0940. The predicted molar refractivity (Wildman–Crippen MR) is 69.2 cm³/mol. The molecule has 5 heteroatoms. The van der Waals surface area contributed by atoms with E-state index in [1.54, 1.807) is 22.9 Å². The van der Waals surface area contributed by atoms with Crippen molar-refractivity contribution in [2.45, 2.75) is 12.5 Å². The predicted octanol–water partition coefficient (Wildman–Crippen LogP) is 3.69. The third-order valence-corrected chi connectivity index (χ3v) is 3.61. The zero-order valence-electron chi connectivity index (χ0n) is 8.36. The lowest BCUT2D eigenvalue weighted by Crippen LogP contribution is -2.13. The van der Waals surface area contributed by atoms with Crippen molar-refractivity contribution in [3.63, 3.8) is 0 Å². The second-order valence-corrected chi connectivity index (χ2v) is 5.01. The summed E-state index contributed by atoms with van der Waals surface area (Å²) in [5.74, 6) is 0. The SMILES string of the molecule is NC(Cc1ccc(Cl)c(Cl)c1)c1cscn1. The monoisotopic (exact) mass is 272 g/mol. The van der Waals surface area contributed by atoms with E-state index >= 15 is 0 Å². The Balaban J connectivity index is 2.12. The quantitative estimate of drug-likeness (QED) is 0.926. The normalized spacial score (nSPS) is 12.7. The van der Waals surface area contributed by atoms with Gasteiger partial charge in [0.05, 0.1) is 27.3 Å². The van der Waals surface area contributed by atoms with E-state index in [2.05, 4.69) is 4.98 Å². The average Bonchev–Trinajstić information content (AvgIpc) is 2.77. The molecule has 84 valence electrons. The zero-order valence-corrected chi connectivity index (χ0v) is 10.7. The largest absolute Gasteiger partial charge is 0.322 e. The molecule has 0 aliphatic heterocycles. The highest BCUT2D eigenvalue weighted by atomic mass is 35.5. The van der Waals surface area contributed by atoms with E-state index in [0.717, 1.165) is 11.3 Å². The van der Waals surface area contributed by atoms with Crippen LogP contribution in [0.3, 0.4) is 0 Å². The first-order valence-corrected chi connectivity index (χ1v) is 6.44. The molecule has 0 aliphatic carbocycles. The molecular formula is C11H10Cl2N2S. The van der Waals surface area contributed by atoms with E-state index in [-0.39, 0.29) is 6.04 Å².